The zero-order valence-corrected chi connectivity index (χ0v) is 52.4. The molecule has 18 atom stereocenters. The lowest BCUT2D eigenvalue weighted by Crippen LogP contribution is -2.70. The van der Waals surface area contributed by atoms with E-state index in [1.807, 2.05) is 6.08 Å². The van der Waals surface area contributed by atoms with Crippen LogP contribution in [0, 0.1) is 0 Å². The monoisotopic (exact) mass is 1250 g/mol. The molecule has 0 saturated carbocycles. The van der Waals surface area contributed by atoms with E-state index in [1.54, 1.807) is 6.08 Å². The van der Waals surface area contributed by atoms with Gasteiger partial charge in [-0.05, 0) is 44.9 Å². The molecular formula is C64H114N2O21. The van der Waals surface area contributed by atoms with E-state index in [9.17, 15) is 75.7 Å². The minimum Gasteiger partial charge on any atom is -0.477 e. The van der Waals surface area contributed by atoms with E-state index in [-0.39, 0.29) is 12.3 Å². The molecule has 2 amide bonds. The van der Waals surface area contributed by atoms with Gasteiger partial charge < -0.3 is 100 Å². The van der Waals surface area contributed by atoms with Gasteiger partial charge in [0.25, 0.3) is 5.79 Å². The molecule has 14 N–H and O–H groups in total. The molecule has 23 nitrogen and oxygen atoms in total. The molecule has 0 aromatic rings. The summed E-state index contributed by atoms with van der Waals surface area (Å²) >= 11 is 0. The number of aliphatic carboxylic acids is 1. The van der Waals surface area contributed by atoms with Crippen LogP contribution in [0.2, 0.25) is 0 Å². The summed E-state index contributed by atoms with van der Waals surface area (Å²) in [4.78, 5) is 38.5. The molecule has 0 spiro atoms. The predicted molar refractivity (Wildman–Crippen MR) is 324 cm³/mol. The summed E-state index contributed by atoms with van der Waals surface area (Å²) < 4.78 is 34.7. The van der Waals surface area contributed by atoms with E-state index >= 15 is 0 Å². The minimum atomic E-state index is -3.08. The highest BCUT2D eigenvalue weighted by Crippen LogP contribution is 2.38. The normalized spacial score (nSPS) is 29.4. The average Bonchev–Trinajstić information content (AvgIpc) is 2.10. The molecule has 0 aromatic heterocycles. The van der Waals surface area contributed by atoms with E-state index in [4.69, 9.17) is 28.4 Å². The second kappa shape index (κ2) is 45.3. The highest BCUT2D eigenvalue weighted by Gasteiger charge is 2.60. The van der Waals surface area contributed by atoms with Gasteiger partial charge in [-0.1, -0.05) is 185 Å². The average molecular weight is 1250 g/mol. The van der Waals surface area contributed by atoms with Crippen LogP contribution in [0.1, 0.15) is 213 Å². The number of ether oxygens (including phenoxy) is 6. The Morgan fingerprint density at radius 1 is 0.621 bits per heavy atom. The first-order chi connectivity index (χ1) is 41.9. The molecule has 0 aliphatic carbocycles. The molecule has 3 heterocycles. The number of hydrogen-bond acceptors (Lipinski definition) is 20. The molecule has 3 saturated heterocycles. The molecule has 0 aromatic carbocycles. The lowest BCUT2D eigenvalue weighted by atomic mass is 9.88. The Bertz CT molecular complexity index is 1920. The van der Waals surface area contributed by atoms with Crippen LogP contribution in [0.5, 0.6) is 0 Å². The molecule has 23 heteroatoms. The van der Waals surface area contributed by atoms with Gasteiger partial charge >= 0.3 is 5.97 Å². The Morgan fingerprint density at radius 2 is 1.15 bits per heavy atom. The highest BCUT2D eigenvalue weighted by atomic mass is 16.8. The number of carbonyl (C=O) groups excluding carboxylic acids is 2. The van der Waals surface area contributed by atoms with Crippen molar-refractivity contribution < 1.29 is 104 Å². The number of amides is 2. The Labute approximate surface area is 516 Å². The standard InChI is InChI=1S/C64H114N2O21/c1-4-6-8-10-12-14-16-18-19-20-21-22-23-24-25-26-28-30-32-34-36-38-51(74)66-45(46(71)37-35-33-31-29-27-17-15-13-11-9-7-5-2)43-82-61-56(78)55(77)58(50(42-69)84-61)85-62-57(79)60(54(76)49(41-68)83-62)87-64(63(80)81)39-47(72)52(65-44(3)70)59(86-64)53(75)48(73)40-67/h6,8,12,14,35,37,45-50,52-62,67-69,71-73,75-79H,4-5,7,9-11,13,15-34,36,38-43H2,1-3H3,(H,65,70)(H,66,74)(H,80,81)/b8-6-,14-12-,37-35+. The van der Waals surface area contributed by atoms with E-state index in [0.717, 1.165) is 64.7 Å². The van der Waals surface area contributed by atoms with Gasteiger partial charge in [0, 0.05) is 19.8 Å². The number of rotatable bonds is 48. The van der Waals surface area contributed by atoms with E-state index in [1.165, 1.54) is 109 Å². The first-order valence-electron chi connectivity index (χ1n) is 32.9. The fourth-order valence-corrected chi connectivity index (χ4v) is 11.3. The summed E-state index contributed by atoms with van der Waals surface area (Å²) in [6, 6.07) is -2.62. The quantitative estimate of drug-likeness (QED) is 0.0291. The van der Waals surface area contributed by atoms with E-state index in [0.29, 0.717) is 12.8 Å². The number of carboxylic acids is 1. The second-order valence-corrected chi connectivity index (χ2v) is 23.9. The van der Waals surface area contributed by atoms with Crippen molar-refractivity contribution in [2.45, 2.75) is 323 Å². The largest absolute Gasteiger partial charge is 0.477 e. The summed E-state index contributed by atoms with van der Waals surface area (Å²) in [5.41, 5.74) is 0. The predicted octanol–water partition coefficient (Wildman–Crippen LogP) is 4.67. The first-order valence-corrected chi connectivity index (χ1v) is 32.9. The van der Waals surface area contributed by atoms with Crippen LogP contribution >= 0.6 is 0 Å². The number of unbranched alkanes of at least 4 members (excludes halogenated alkanes) is 24. The Balaban J connectivity index is 1.60. The third-order valence-corrected chi connectivity index (χ3v) is 16.6. The van der Waals surface area contributed by atoms with E-state index < -0.39 is 155 Å². The van der Waals surface area contributed by atoms with Gasteiger partial charge in [-0.3, -0.25) is 9.59 Å². The van der Waals surface area contributed by atoms with Gasteiger partial charge in [-0.15, -0.1) is 0 Å². The van der Waals surface area contributed by atoms with Crippen LogP contribution in [0.3, 0.4) is 0 Å². The zero-order chi connectivity index (χ0) is 64.0. The van der Waals surface area contributed by atoms with Gasteiger partial charge in [0.2, 0.25) is 11.8 Å². The van der Waals surface area contributed by atoms with Gasteiger partial charge in [-0.2, -0.15) is 0 Å². The van der Waals surface area contributed by atoms with Crippen molar-refractivity contribution in [2.24, 2.45) is 0 Å². The van der Waals surface area contributed by atoms with Crippen LogP contribution in [-0.2, 0) is 42.8 Å². The maximum Gasteiger partial charge on any atom is 0.364 e. The van der Waals surface area contributed by atoms with Crippen LogP contribution in [0.25, 0.3) is 0 Å². The number of allylic oxidation sites excluding steroid dienone is 5. The Hall–Kier alpha value is -3.05. The zero-order valence-electron chi connectivity index (χ0n) is 52.4. The van der Waals surface area contributed by atoms with Crippen molar-refractivity contribution in [3.8, 4) is 0 Å². The Morgan fingerprint density at radius 3 is 1.68 bits per heavy atom. The number of carboxylic acid groups (broad SMARTS) is 1. The Kier molecular flexibility index (Phi) is 40.7. The van der Waals surface area contributed by atoms with Crippen molar-refractivity contribution in [2.75, 3.05) is 26.4 Å². The first kappa shape index (κ1) is 78.2. The maximum absolute atomic E-state index is 13.4. The van der Waals surface area contributed by atoms with Crippen molar-refractivity contribution in [3.05, 3.63) is 36.5 Å². The third-order valence-electron chi connectivity index (χ3n) is 16.6. The number of aliphatic hydroxyl groups excluding tert-OH is 11. The molecular weight excluding hydrogens is 1130 g/mol. The summed E-state index contributed by atoms with van der Waals surface area (Å²) in [6.45, 7) is 2.00. The SMILES string of the molecule is CC/C=C\C/C=C\CCCCCCCCCCCCCCCCC(=O)NC(COC1OC(CO)C(OC2OC(CO)C(O)C(OC3(C(=O)O)CC(O)C(NC(C)=O)C(C(O)C(O)CO)O3)C2O)C(O)C1O)C(O)/C=C/CCCCCCCCCCCC. The fourth-order valence-electron chi connectivity index (χ4n) is 11.3. The molecule has 506 valence electrons. The number of hydrogen-bond donors (Lipinski definition) is 14. The van der Waals surface area contributed by atoms with Crippen LogP contribution in [-0.4, -0.2) is 215 Å². The van der Waals surface area contributed by atoms with E-state index in [2.05, 4.69) is 48.8 Å². The highest BCUT2D eigenvalue weighted by molar-refractivity contribution is 5.77. The molecule has 0 bridgehead atoms. The fraction of sp³-hybridized carbons (Fsp3) is 0.859. The van der Waals surface area contributed by atoms with Crippen LogP contribution in [0.15, 0.2) is 36.5 Å². The molecule has 3 aliphatic heterocycles. The maximum atomic E-state index is 13.4. The molecule has 3 fully saturated rings. The minimum absolute atomic E-state index is 0.199. The van der Waals surface area contributed by atoms with Gasteiger partial charge in [-0.25, -0.2) is 4.79 Å². The number of carbonyl (C=O) groups is 3. The number of nitrogens with one attached hydrogen (secondary N) is 2. The molecule has 87 heavy (non-hydrogen) atoms. The molecule has 3 rings (SSSR count). The topological polar surface area (TPSA) is 373 Å². The van der Waals surface area contributed by atoms with Crippen molar-refractivity contribution in [1.29, 1.82) is 0 Å². The summed E-state index contributed by atoms with van der Waals surface area (Å²) in [5.74, 6) is -6.15. The lowest BCUT2D eigenvalue weighted by molar-refractivity contribution is -0.386. The van der Waals surface area contributed by atoms with Crippen LogP contribution in [0.4, 0.5) is 0 Å². The smallest absolute Gasteiger partial charge is 0.364 e. The second-order valence-electron chi connectivity index (χ2n) is 23.9. The van der Waals surface area contributed by atoms with Crippen molar-refractivity contribution >= 4 is 17.8 Å². The van der Waals surface area contributed by atoms with Crippen molar-refractivity contribution in [1.82, 2.24) is 10.6 Å². The van der Waals surface area contributed by atoms with Crippen LogP contribution < -0.4 is 10.6 Å². The molecule has 18 unspecified atom stereocenters. The summed E-state index contributed by atoms with van der Waals surface area (Å²) in [7, 11) is 0. The van der Waals surface area contributed by atoms with Crippen molar-refractivity contribution in [3.63, 3.8) is 0 Å². The third kappa shape index (κ3) is 28.6. The lowest BCUT2D eigenvalue weighted by Gasteiger charge is -2.50. The summed E-state index contributed by atoms with van der Waals surface area (Å²) in [5, 5.41) is 136. The summed E-state index contributed by atoms with van der Waals surface area (Å²) in [6.07, 6.45) is 14.9. The molecule has 0 radical (unpaired) electrons. The number of aliphatic hydroxyl groups is 11. The van der Waals surface area contributed by atoms with Gasteiger partial charge in [0.1, 0.15) is 67.1 Å². The van der Waals surface area contributed by atoms with Gasteiger partial charge in [0.15, 0.2) is 12.6 Å². The molecule has 3 aliphatic rings. The van der Waals surface area contributed by atoms with Gasteiger partial charge in [0.05, 0.1) is 50.7 Å².